The number of halogens is 1. The Morgan fingerprint density at radius 3 is 1.92 bits per heavy atom. The number of amides is 2. The van der Waals surface area contributed by atoms with E-state index in [1.54, 1.807) is 30.6 Å². The quantitative estimate of drug-likeness (QED) is 0.610. The van der Waals surface area contributed by atoms with Crippen molar-refractivity contribution in [1.29, 1.82) is 0 Å². The smallest absolute Gasteiger partial charge is 0.409 e. The molecule has 2 amide bonds. The average Bonchev–Trinajstić information content (AvgIpc) is 2.54. The summed E-state index contributed by atoms with van der Waals surface area (Å²) in [7, 11) is -3.37. The Hall–Kier alpha value is -0.860. The first-order valence-corrected chi connectivity index (χ1v) is 9.93. The van der Waals surface area contributed by atoms with Crippen LogP contribution in [0.3, 0.4) is 0 Å². The van der Waals surface area contributed by atoms with E-state index >= 15 is 0 Å². The second-order valence-corrected chi connectivity index (χ2v) is 7.35. The van der Waals surface area contributed by atoms with Crippen LogP contribution in [0.15, 0.2) is 0 Å². The van der Waals surface area contributed by atoms with Crippen LogP contribution in [0.4, 0.5) is 4.79 Å². The van der Waals surface area contributed by atoms with E-state index in [0.29, 0.717) is 32.8 Å². The molecule has 0 spiro atoms. The maximum Gasteiger partial charge on any atom is 0.409 e. The van der Waals surface area contributed by atoms with Crippen molar-refractivity contribution >= 4 is 32.0 Å². The molecule has 1 fully saturated rings. The summed E-state index contributed by atoms with van der Waals surface area (Å²) in [5.74, 6) is -0.321. The highest BCUT2D eigenvalue weighted by Gasteiger charge is 2.34. The molecule has 9 nitrogen and oxygen atoms in total. The van der Waals surface area contributed by atoms with Gasteiger partial charge in [0.05, 0.1) is 32.0 Å². The maximum absolute atomic E-state index is 12.5. The van der Waals surface area contributed by atoms with Gasteiger partial charge in [-0.05, 0) is 20.8 Å². The van der Waals surface area contributed by atoms with Crippen LogP contribution in [0.25, 0.3) is 0 Å². The molecule has 1 saturated heterocycles. The Balaban J connectivity index is 0.00000576. The first-order valence-electron chi connectivity index (χ1n) is 8.21. The van der Waals surface area contributed by atoms with Gasteiger partial charge in [0.25, 0.3) is 0 Å². The summed E-state index contributed by atoms with van der Waals surface area (Å²) in [5.41, 5.74) is 5.91. The van der Waals surface area contributed by atoms with Gasteiger partial charge in [0.1, 0.15) is 0 Å². The van der Waals surface area contributed by atoms with Gasteiger partial charge in [-0.25, -0.2) is 4.79 Å². The standard InChI is InChI=1S/C14H28N3O6P.ClH/c1-4-21-14(19)17-9-7-16(8-10-17)13(18)12(15)11-24(20,22-5-2)23-6-3;/h12H,4-11,15H2,1-3H3;1H. The zero-order valence-corrected chi connectivity index (χ0v) is 16.7. The van der Waals surface area contributed by atoms with Crippen molar-refractivity contribution in [2.75, 3.05) is 52.2 Å². The van der Waals surface area contributed by atoms with Gasteiger partial charge in [-0.3, -0.25) is 9.36 Å². The lowest BCUT2D eigenvalue weighted by molar-refractivity contribution is -0.133. The van der Waals surface area contributed by atoms with Crippen LogP contribution in [0, 0.1) is 0 Å². The molecule has 1 aliphatic heterocycles. The van der Waals surface area contributed by atoms with E-state index in [1.165, 1.54) is 0 Å². The van der Waals surface area contributed by atoms with Crippen LogP contribution in [-0.4, -0.2) is 80.0 Å². The number of ether oxygens (including phenoxy) is 1. The molecule has 1 heterocycles. The molecule has 1 rings (SSSR count). The highest BCUT2D eigenvalue weighted by Crippen LogP contribution is 2.48. The molecule has 2 N–H and O–H groups in total. The largest absolute Gasteiger partial charge is 0.450 e. The zero-order valence-electron chi connectivity index (χ0n) is 15.0. The van der Waals surface area contributed by atoms with Crippen LogP contribution < -0.4 is 5.73 Å². The van der Waals surface area contributed by atoms with Crippen molar-refractivity contribution in [3.63, 3.8) is 0 Å². The molecule has 148 valence electrons. The topological polar surface area (TPSA) is 111 Å². The summed E-state index contributed by atoms with van der Waals surface area (Å²) < 4.78 is 27.7. The summed E-state index contributed by atoms with van der Waals surface area (Å²) >= 11 is 0. The number of rotatable bonds is 8. The molecule has 11 heteroatoms. The third kappa shape index (κ3) is 7.50. The van der Waals surface area contributed by atoms with Crippen molar-refractivity contribution in [2.24, 2.45) is 5.73 Å². The fourth-order valence-electron chi connectivity index (χ4n) is 2.41. The predicted molar refractivity (Wildman–Crippen MR) is 96.1 cm³/mol. The SMILES string of the molecule is CCOC(=O)N1CCN(C(=O)C(N)CP(=O)(OCC)OCC)CC1.Cl. The van der Waals surface area contributed by atoms with Crippen LogP contribution in [0.2, 0.25) is 0 Å². The van der Waals surface area contributed by atoms with Gasteiger partial charge < -0.3 is 29.3 Å². The van der Waals surface area contributed by atoms with Crippen molar-refractivity contribution in [1.82, 2.24) is 9.80 Å². The Kier molecular flexibility index (Phi) is 11.3. The number of hydrogen-bond acceptors (Lipinski definition) is 7. The number of piperazine rings is 1. The lowest BCUT2D eigenvalue weighted by Gasteiger charge is -2.35. The summed E-state index contributed by atoms with van der Waals surface area (Å²) in [6, 6.07) is -0.969. The molecular formula is C14H29ClN3O6P. The molecule has 1 unspecified atom stereocenters. The Bertz CT molecular complexity index is 463. The van der Waals surface area contributed by atoms with Crippen molar-refractivity contribution in [3.8, 4) is 0 Å². The summed E-state index contributed by atoms with van der Waals surface area (Å²) in [5, 5.41) is 0. The zero-order chi connectivity index (χ0) is 18.2. The van der Waals surface area contributed by atoms with E-state index in [1.807, 2.05) is 0 Å². The number of nitrogens with two attached hydrogens (primary N) is 1. The van der Waals surface area contributed by atoms with Crippen LogP contribution in [-0.2, 0) is 23.1 Å². The van der Waals surface area contributed by atoms with E-state index in [2.05, 4.69) is 0 Å². The maximum atomic E-state index is 12.5. The van der Waals surface area contributed by atoms with Gasteiger partial charge >= 0.3 is 13.7 Å². The second-order valence-electron chi connectivity index (χ2n) is 5.25. The Labute approximate surface area is 155 Å². The molecule has 0 aliphatic carbocycles. The number of carbonyl (C=O) groups excluding carboxylic acids is 2. The van der Waals surface area contributed by atoms with Crippen molar-refractivity contribution < 1.29 is 27.9 Å². The number of hydrogen-bond donors (Lipinski definition) is 1. The van der Waals surface area contributed by atoms with Gasteiger partial charge in [0.2, 0.25) is 5.91 Å². The minimum atomic E-state index is -3.37. The second kappa shape index (κ2) is 11.7. The molecule has 0 aromatic rings. The van der Waals surface area contributed by atoms with E-state index < -0.39 is 13.6 Å². The predicted octanol–water partition coefficient (Wildman–Crippen LogP) is 1.30. The van der Waals surface area contributed by atoms with Crippen LogP contribution >= 0.6 is 20.0 Å². The molecule has 0 saturated carbocycles. The average molecular weight is 402 g/mol. The molecule has 0 aromatic carbocycles. The first-order chi connectivity index (χ1) is 11.4. The molecular weight excluding hydrogens is 373 g/mol. The van der Waals surface area contributed by atoms with Gasteiger partial charge in [-0.1, -0.05) is 0 Å². The third-order valence-corrected chi connectivity index (χ3v) is 5.65. The monoisotopic (exact) mass is 401 g/mol. The Morgan fingerprint density at radius 2 is 1.48 bits per heavy atom. The molecule has 25 heavy (non-hydrogen) atoms. The third-order valence-electron chi connectivity index (χ3n) is 3.51. The van der Waals surface area contributed by atoms with Crippen molar-refractivity contribution in [2.45, 2.75) is 26.8 Å². The fraction of sp³-hybridized carbons (Fsp3) is 0.857. The molecule has 0 aromatic heterocycles. The van der Waals surface area contributed by atoms with Crippen molar-refractivity contribution in [3.05, 3.63) is 0 Å². The molecule has 1 aliphatic rings. The minimum Gasteiger partial charge on any atom is -0.450 e. The highest BCUT2D eigenvalue weighted by atomic mass is 35.5. The van der Waals surface area contributed by atoms with E-state index in [4.69, 9.17) is 19.5 Å². The fourth-order valence-corrected chi connectivity index (χ4v) is 4.12. The van der Waals surface area contributed by atoms with E-state index in [0.717, 1.165) is 0 Å². The van der Waals surface area contributed by atoms with E-state index in [-0.39, 0.29) is 43.8 Å². The lowest BCUT2D eigenvalue weighted by Crippen LogP contribution is -2.55. The normalized spacial score (nSPS) is 16.2. The van der Waals surface area contributed by atoms with Crippen LogP contribution in [0.5, 0.6) is 0 Å². The number of carbonyl (C=O) groups is 2. The molecule has 0 bridgehead atoms. The molecule has 1 atom stereocenters. The minimum absolute atomic E-state index is 0. The van der Waals surface area contributed by atoms with Crippen LogP contribution in [0.1, 0.15) is 20.8 Å². The number of nitrogens with zero attached hydrogens (tertiary/aromatic N) is 2. The molecule has 0 radical (unpaired) electrons. The summed E-state index contributed by atoms with van der Waals surface area (Å²) in [4.78, 5) is 27.2. The van der Waals surface area contributed by atoms with Gasteiger partial charge in [-0.15, -0.1) is 12.4 Å². The summed E-state index contributed by atoms with van der Waals surface area (Å²) in [6.07, 6.45) is -0.544. The van der Waals surface area contributed by atoms with Gasteiger partial charge in [0.15, 0.2) is 0 Å². The summed E-state index contributed by atoms with van der Waals surface area (Å²) in [6.45, 7) is 7.38. The van der Waals surface area contributed by atoms with Gasteiger partial charge in [-0.2, -0.15) is 0 Å². The lowest BCUT2D eigenvalue weighted by atomic mass is 10.2. The van der Waals surface area contributed by atoms with Gasteiger partial charge in [0, 0.05) is 26.2 Å². The highest BCUT2D eigenvalue weighted by molar-refractivity contribution is 7.53. The Morgan fingerprint density at radius 1 is 1.00 bits per heavy atom. The van der Waals surface area contributed by atoms with E-state index in [9.17, 15) is 14.2 Å². The first kappa shape index (κ1) is 24.1.